The van der Waals surface area contributed by atoms with Crippen LogP contribution in [0.25, 0.3) is 5.82 Å². The maximum Gasteiger partial charge on any atom is 0.326 e. The minimum absolute atomic E-state index is 0.293. The van der Waals surface area contributed by atoms with Crippen molar-refractivity contribution in [3.05, 3.63) is 47.9 Å². The Kier molecular flexibility index (Phi) is 5.23. The van der Waals surface area contributed by atoms with E-state index in [0.29, 0.717) is 24.2 Å². The Bertz CT molecular complexity index is 753. The third-order valence-electron chi connectivity index (χ3n) is 3.90. The third kappa shape index (κ3) is 3.40. The minimum atomic E-state index is -1.07. The molecule has 0 aliphatic heterocycles. The first-order valence-electron chi connectivity index (χ1n) is 7.68. The van der Waals surface area contributed by atoms with Crippen LogP contribution in [0.5, 0.6) is 0 Å². The lowest BCUT2D eigenvalue weighted by Crippen LogP contribution is -2.41. The first-order valence-corrected chi connectivity index (χ1v) is 7.68. The van der Waals surface area contributed by atoms with Gasteiger partial charge in [0.25, 0.3) is 5.91 Å². The highest BCUT2D eigenvalue weighted by Crippen LogP contribution is 2.20. The maximum atomic E-state index is 12.6. The molecule has 0 bridgehead atoms. The smallest absolute Gasteiger partial charge is 0.326 e. The van der Waals surface area contributed by atoms with Crippen molar-refractivity contribution >= 4 is 11.9 Å². The van der Waals surface area contributed by atoms with Gasteiger partial charge in [0, 0.05) is 18.4 Å². The van der Waals surface area contributed by atoms with E-state index in [0.717, 1.165) is 11.4 Å². The largest absolute Gasteiger partial charge is 0.480 e. The molecule has 2 aromatic heterocycles. The van der Waals surface area contributed by atoms with Gasteiger partial charge in [-0.05, 0) is 38.8 Å². The monoisotopic (exact) mass is 330 g/mol. The molecular formula is C17H22N4O3. The molecule has 1 unspecified atom stereocenters. The summed E-state index contributed by atoms with van der Waals surface area (Å²) in [5.41, 5.74) is 2.27. The normalized spacial score (nSPS) is 12.0. The predicted octanol–water partition coefficient (Wildman–Crippen LogP) is 1.98. The van der Waals surface area contributed by atoms with Crippen LogP contribution in [-0.4, -0.2) is 37.4 Å². The lowest BCUT2D eigenvalue weighted by Gasteiger charge is -2.15. The number of amides is 1. The van der Waals surface area contributed by atoms with Crippen LogP contribution in [0.3, 0.4) is 0 Å². The third-order valence-corrected chi connectivity index (χ3v) is 3.90. The second-order valence-electron chi connectivity index (χ2n) is 5.69. The molecule has 2 rings (SSSR count). The van der Waals surface area contributed by atoms with Gasteiger partial charge in [-0.2, -0.15) is 5.10 Å². The molecule has 0 radical (unpaired) electrons. The average Bonchev–Trinajstić information content (AvgIpc) is 3.05. The molecule has 0 aliphatic carbocycles. The molecule has 0 fully saturated rings. The lowest BCUT2D eigenvalue weighted by atomic mass is 10.1. The molecule has 0 aromatic carbocycles. The van der Waals surface area contributed by atoms with Crippen LogP contribution in [0.15, 0.2) is 31.0 Å². The highest BCUT2D eigenvalue weighted by molar-refractivity contribution is 5.99. The molecule has 0 aliphatic rings. The highest BCUT2D eigenvalue weighted by Gasteiger charge is 2.24. The van der Waals surface area contributed by atoms with E-state index in [9.17, 15) is 14.7 Å². The zero-order chi connectivity index (χ0) is 17.9. The summed E-state index contributed by atoms with van der Waals surface area (Å²) >= 11 is 0. The second-order valence-corrected chi connectivity index (χ2v) is 5.69. The first kappa shape index (κ1) is 17.5. The standard InChI is InChI=1S/C17H22N4O3/c1-5-6-7-14(17(23)24)19-15(22)13-10-18-20(4)16(13)21-11(2)8-9-12(21)3/h5,8-10,14H,1,6-7H2,2-4H3,(H,19,22)(H,23,24). The zero-order valence-corrected chi connectivity index (χ0v) is 14.1. The van der Waals surface area contributed by atoms with Crippen LogP contribution in [-0.2, 0) is 11.8 Å². The number of hydrogen-bond donors (Lipinski definition) is 2. The summed E-state index contributed by atoms with van der Waals surface area (Å²) in [6.45, 7) is 7.45. The Balaban J connectivity index is 2.34. The molecular weight excluding hydrogens is 308 g/mol. The minimum Gasteiger partial charge on any atom is -0.480 e. The van der Waals surface area contributed by atoms with Gasteiger partial charge in [-0.3, -0.25) is 9.48 Å². The number of rotatable bonds is 7. The Morgan fingerprint density at radius 1 is 1.38 bits per heavy atom. The fraction of sp³-hybridized carbons (Fsp3) is 0.353. The van der Waals surface area contributed by atoms with Gasteiger partial charge in [0.1, 0.15) is 17.4 Å². The number of allylic oxidation sites excluding steroid dienone is 1. The Hall–Kier alpha value is -2.83. The van der Waals surface area contributed by atoms with Gasteiger partial charge in [0.2, 0.25) is 0 Å². The van der Waals surface area contributed by atoms with Gasteiger partial charge in [-0.15, -0.1) is 6.58 Å². The number of aromatic nitrogens is 3. The molecule has 0 spiro atoms. The number of carboxylic acid groups (broad SMARTS) is 1. The van der Waals surface area contributed by atoms with Gasteiger partial charge >= 0.3 is 5.97 Å². The zero-order valence-electron chi connectivity index (χ0n) is 14.1. The van der Waals surface area contributed by atoms with Gasteiger partial charge in [-0.25, -0.2) is 4.79 Å². The van der Waals surface area contributed by atoms with Crippen molar-refractivity contribution in [1.29, 1.82) is 0 Å². The van der Waals surface area contributed by atoms with Gasteiger partial charge in [0.05, 0.1) is 6.20 Å². The van der Waals surface area contributed by atoms with Crippen LogP contribution in [0.1, 0.15) is 34.6 Å². The number of hydrogen-bond acceptors (Lipinski definition) is 3. The van der Waals surface area contributed by atoms with Crippen molar-refractivity contribution in [3.63, 3.8) is 0 Å². The molecule has 2 N–H and O–H groups in total. The number of nitrogens with one attached hydrogen (secondary N) is 1. The van der Waals surface area contributed by atoms with Crippen molar-refractivity contribution < 1.29 is 14.7 Å². The second kappa shape index (κ2) is 7.16. The number of carbonyl (C=O) groups excluding carboxylic acids is 1. The van der Waals surface area contributed by atoms with Crippen molar-refractivity contribution in [2.75, 3.05) is 0 Å². The average molecular weight is 330 g/mol. The number of aliphatic carboxylic acids is 1. The van der Waals surface area contributed by atoms with Crippen LogP contribution in [0, 0.1) is 13.8 Å². The summed E-state index contributed by atoms with van der Waals surface area (Å²) < 4.78 is 3.52. The van der Waals surface area contributed by atoms with Crippen LogP contribution in [0.2, 0.25) is 0 Å². The summed E-state index contributed by atoms with van der Waals surface area (Å²) in [5, 5.41) is 16.0. The molecule has 24 heavy (non-hydrogen) atoms. The maximum absolute atomic E-state index is 12.6. The summed E-state index contributed by atoms with van der Waals surface area (Å²) in [6, 6.07) is 2.94. The predicted molar refractivity (Wildman–Crippen MR) is 90.3 cm³/mol. The van der Waals surface area contributed by atoms with Crippen molar-refractivity contribution in [2.45, 2.75) is 32.7 Å². The Morgan fingerprint density at radius 3 is 2.54 bits per heavy atom. The number of nitrogens with zero attached hydrogens (tertiary/aromatic N) is 3. The fourth-order valence-electron chi connectivity index (χ4n) is 2.64. The lowest BCUT2D eigenvalue weighted by molar-refractivity contribution is -0.139. The number of carboxylic acids is 1. The van der Waals surface area contributed by atoms with Gasteiger partial charge < -0.3 is 15.0 Å². The summed E-state index contributed by atoms with van der Waals surface area (Å²) in [7, 11) is 1.75. The molecule has 0 saturated carbocycles. The summed E-state index contributed by atoms with van der Waals surface area (Å²) in [5.74, 6) is -0.911. The molecule has 1 amide bonds. The van der Waals surface area contributed by atoms with Crippen molar-refractivity contribution in [3.8, 4) is 5.82 Å². The van der Waals surface area contributed by atoms with E-state index in [4.69, 9.17) is 0 Å². The van der Waals surface area contributed by atoms with E-state index < -0.39 is 17.9 Å². The Morgan fingerprint density at radius 2 is 2.00 bits per heavy atom. The molecule has 2 aromatic rings. The van der Waals surface area contributed by atoms with E-state index >= 15 is 0 Å². The van der Waals surface area contributed by atoms with Crippen molar-refractivity contribution in [1.82, 2.24) is 19.7 Å². The van der Waals surface area contributed by atoms with Crippen LogP contribution < -0.4 is 5.32 Å². The van der Waals surface area contributed by atoms with Gasteiger partial charge in [0.15, 0.2) is 0 Å². The quantitative estimate of drug-likeness (QED) is 0.760. The summed E-state index contributed by atoms with van der Waals surface area (Å²) in [4.78, 5) is 23.9. The number of aryl methyl sites for hydroxylation is 3. The molecule has 7 nitrogen and oxygen atoms in total. The molecule has 128 valence electrons. The van der Waals surface area contributed by atoms with E-state index in [1.165, 1.54) is 6.20 Å². The van der Waals surface area contributed by atoms with E-state index in [-0.39, 0.29) is 0 Å². The van der Waals surface area contributed by atoms with Crippen molar-refractivity contribution in [2.24, 2.45) is 7.05 Å². The number of carbonyl (C=O) groups is 2. The van der Waals surface area contributed by atoms with Crippen LogP contribution >= 0.6 is 0 Å². The first-order chi connectivity index (χ1) is 11.4. The SMILES string of the molecule is C=CCCC(NC(=O)c1cnn(C)c1-n1c(C)ccc1C)C(=O)O. The summed E-state index contributed by atoms with van der Waals surface area (Å²) in [6.07, 6.45) is 3.88. The Labute approximate surface area is 140 Å². The van der Waals surface area contributed by atoms with E-state index in [2.05, 4.69) is 17.0 Å². The fourth-order valence-corrected chi connectivity index (χ4v) is 2.64. The molecule has 7 heteroatoms. The highest BCUT2D eigenvalue weighted by atomic mass is 16.4. The van der Waals surface area contributed by atoms with Crippen LogP contribution in [0.4, 0.5) is 0 Å². The topological polar surface area (TPSA) is 89.2 Å². The van der Waals surface area contributed by atoms with E-state index in [1.807, 2.05) is 30.5 Å². The molecule has 1 atom stereocenters. The van der Waals surface area contributed by atoms with E-state index in [1.54, 1.807) is 17.8 Å². The van der Waals surface area contributed by atoms with Gasteiger partial charge in [-0.1, -0.05) is 6.08 Å². The molecule has 0 saturated heterocycles. The molecule has 2 heterocycles.